The van der Waals surface area contributed by atoms with E-state index < -0.39 is 0 Å². The SMILES string of the molecule is C(OCC1CO1)OCC1CO1.C1OC1CC1CO1. The van der Waals surface area contributed by atoms with E-state index in [1.54, 1.807) is 0 Å². The summed E-state index contributed by atoms with van der Waals surface area (Å²) in [7, 11) is 0. The standard InChI is InChI=1S/C7H12O4.C5H8O2/c1(6-3-10-6)8-5-9-2-7-4-11-7;1(4-2-6-4)5-3-7-5/h6-7H,1-5H2;4-5H,1-3H2. The molecule has 4 heterocycles. The first kappa shape index (κ1) is 12.8. The summed E-state index contributed by atoms with van der Waals surface area (Å²) in [4.78, 5) is 0. The first-order valence-corrected chi connectivity index (χ1v) is 6.52. The van der Waals surface area contributed by atoms with Gasteiger partial charge in [-0.15, -0.1) is 0 Å². The summed E-state index contributed by atoms with van der Waals surface area (Å²) in [5.41, 5.74) is 0. The maximum atomic E-state index is 5.13. The minimum absolute atomic E-state index is 0.329. The monoisotopic (exact) mass is 260 g/mol. The van der Waals surface area contributed by atoms with Crippen molar-refractivity contribution < 1.29 is 28.4 Å². The highest BCUT2D eigenvalue weighted by Gasteiger charge is 2.32. The molecular formula is C12H20O6. The van der Waals surface area contributed by atoms with Crippen LogP contribution in [-0.2, 0) is 28.4 Å². The first-order valence-electron chi connectivity index (χ1n) is 6.52. The molecule has 4 unspecified atom stereocenters. The summed E-state index contributed by atoms with van der Waals surface area (Å²) in [5.74, 6) is 0. The van der Waals surface area contributed by atoms with Crippen LogP contribution in [0.3, 0.4) is 0 Å². The molecule has 0 saturated carbocycles. The molecule has 18 heavy (non-hydrogen) atoms. The lowest BCUT2D eigenvalue weighted by molar-refractivity contribution is -0.0611. The van der Waals surface area contributed by atoms with Gasteiger partial charge in [-0.1, -0.05) is 0 Å². The number of hydrogen-bond acceptors (Lipinski definition) is 6. The van der Waals surface area contributed by atoms with Gasteiger partial charge in [-0.2, -0.15) is 0 Å². The molecule has 0 spiro atoms. The van der Waals surface area contributed by atoms with Gasteiger partial charge in [0.15, 0.2) is 0 Å². The van der Waals surface area contributed by atoms with Gasteiger partial charge in [0.25, 0.3) is 0 Å². The number of rotatable bonds is 8. The zero-order valence-corrected chi connectivity index (χ0v) is 10.4. The van der Waals surface area contributed by atoms with Crippen molar-refractivity contribution in [2.45, 2.75) is 30.8 Å². The predicted molar refractivity (Wildman–Crippen MR) is 60.3 cm³/mol. The van der Waals surface area contributed by atoms with E-state index in [2.05, 4.69) is 0 Å². The van der Waals surface area contributed by atoms with Crippen LogP contribution in [0.5, 0.6) is 0 Å². The molecule has 4 rings (SSSR count). The summed E-state index contributed by atoms with van der Waals surface area (Å²) >= 11 is 0. The second kappa shape index (κ2) is 6.27. The third-order valence-corrected chi connectivity index (χ3v) is 2.91. The molecule has 104 valence electrons. The highest BCUT2D eigenvalue weighted by molar-refractivity contribution is 4.79. The molecule has 0 N–H and O–H groups in total. The minimum Gasteiger partial charge on any atom is -0.373 e. The molecule has 0 aromatic carbocycles. The molecule has 6 heteroatoms. The molecule has 4 aliphatic rings. The van der Waals surface area contributed by atoms with Gasteiger partial charge in [0.2, 0.25) is 0 Å². The lowest BCUT2D eigenvalue weighted by Gasteiger charge is -2.01. The molecule has 0 aliphatic carbocycles. The molecule has 0 radical (unpaired) electrons. The molecule has 0 aromatic heterocycles. The Morgan fingerprint density at radius 1 is 0.667 bits per heavy atom. The van der Waals surface area contributed by atoms with E-state index >= 15 is 0 Å². The van der Waals surface area contributed by atoms with Crippen molar-refractivity contribution in [1.82, 2.24) is 0 Å². The van der Waals surface area contributed by atoms with Crippen molar-refractivity contribution in [3.63, 3.8) is 0 Å². The van der Waals surface area contributed by atoms with Gasteiger partial charge in [0.05, 0.1) is 51.8 Å². The highest BCUT2D eigenvalue weighted by atomic mass is 16.7. The molecule has 4 aliphatic heterocycles. The zero-order valence-electron chi connectivity index (χ0n) is 10.4. The lowest BCUT2D eigenvalue weighted by atomic mass is 10.3. The normalized spacial score (nSPS) is 38.7. The van der Waals surface area contributed by atoms with Crippen LogP contribution in [0.4, 0.5) is 0 Å². The van der Waals surface area contributed by atoms with Gasteiger partial charge in [-0.25, -0.2) is 0 Å². The molecule has 6 nitrogen and oxygen atoms in total. The molecule has 4 saturated heterocycles. The summed E-state index contributed by atoms with van der Waals surface area (Å²) in [6.07, 6.45) is 2.92. The van der Waals surface area contributed by atoms with Crippen molar-refractivity contribution in [2.75, 3.05) is 46.4 Å². The largest absolute Gasteiger partial charge is 0.373 e. The van der Waals surface area contributed by atoms with E-state index in [4.69, 9.17) is 28.4 Å². The second-order valence-electron chi connectivity index (χ2n) is 4.92. The Morgan fingerprint density at radius 3 is 1.39 bits per heavy atom. The Labute approximate surface area is 106 Å². The molecule has 4 atom stereocenters. The van der Waals surface area contributed by atoms with Crippen molar-refractivity contribution in [3.05, 3.63) is 0 Å². The van der Waals surface area contributed by atoms with Crippen LogP contribution in [0.25, 0.3) is 0 Å². The first-order chi connectivity index (χ1) is 8.90. The fourth-order valence-corrected chi connectivity index (χ4v) is 1.45. The van der Waals surface area contributed by atoms with Crippen LogP contribution in [-0.4, -0.2) is 70.9 Å². The summed E-state index contributed by atoms with van der Waals surface area (Å²) in [5, 5.41) is 0. The van der Waals surface area contributed by atoms with Gasteiger partial charge in [0, 0.05) is 6.42 Å². The van der Waals surface area contributed by atoms with Crippen molar-refractivity contribution in [1.29, 1.82) is 0 Å². The average molecular weight is 260 g/mol. The molecular weight excluding hydrogens is 240 g/mol. The van der Waals surface area contributed by atoms with E-state index in [9.17, 15) is 0 Å². The number of epoxide rings is 4. The van der Waals surface area contributed by atoms with Gasteiger partial charge in [-0.3, -0.25) is 0 Å². The van der Waals surface area contributed by atoms with Crippen LogP contribution in [0.15, 0.2) is 0 Å². The summed E-state index contributed by atoms with van der Waals surface area (Å²) in [6.45, 7) is 5.30. The Kier molecular flexibility index (Phi) is 4.45. The van der Waals surface area contributed by atoms with Crippen LogP contribution in [0.2, 0.25) is 0 Å². The van der Waals surface area contributed by atoms with E-state index in [0.717, 1.165) is 32.8 Å². The fourth-order valence-electron chi connectivity index (χ4n) is 1.45. The van der Waals surface area contributed by atoms with Crippen molar-refractivity contribution in [3.8, 4) is 0 Å². The molecule has 4 fully saturated rings. The van der Waals surface area contributed by atoms with Crippen LogP contribution < -0.4 is 0 Å². The van der Waals surface area contributed by atoms with E-state index in [1.807, 2.05) is 0 Å². The minimum atomic E-state index is 0.329. The second-order valence-corrected chi connectivity index (χ2v) is 4.92. The summed E-state index contributed by atoms with van der Waals surface area (Å²) < 4.78 is 30.1. The van der Waals surface area contributed by atoms with Crippen molar-refractivity contribution >= 4 is 0 Å². The van der Waals surface area contributed by atoms with E-state index in [-0.39, 0.29) is 0 Å². The highest BCUT2D eigenvalue weighted by Crippen LogP contribution is 2.23. The maximum absolute atomic E-state index is 5.13. The van der Waals surface area contributed by atoms with Crippen LogP contribution >= 0.6 is 0 Å². The van der Waals surface area contributed by atoms with Gasteiger partial charge >= 0.3 is 0 Å². The van der Waals surface area contributed by atoms with Gasteiger partial charge < -0.3 is 28.4 Å². The Balaban J connectivity index is 0.000000122. The van der Waals surface area contributed by atoms with Crippen molar-refractivity contribution in [2.24, 2.45) is 0 Å². The van der Waals surface area contributed by atoms with E-state index in [0.29, 0.717) is 44.4 Å². The Hall–Kier alpha value is -0.240. The third kappa shape index (κ3) is 6.08. The van der Waals surface area contributed by atoms with Gasteiger partial charge in [0.1, 0.15) is 19.0 Å². The van der Waals surface area contributed by atoms with Crippen LogP contribution in [0.1, 0.15) is 6.42 Å². The Morgan fingerprint density at radius 2 is 1.06 bits per heavy atom. The molecule has 0 bridgehead atoms. The van der Waals surface area contributed by atoms with Gasteiger partial charge in [-0.05, 0) is 0 Å². The zero-order chi connectivity index (χ0) is 12.2. The predicted octanol–water partition coefficient (Wildman–Crippen LogP) is -0.0512. The van der Waals surface area contributed by atoms with Crippen LogP contribution in [0, 0.1) is 0 Å². The lowest BCUT2D eigenvalue weighted by Crippen LogP contribution is -2.08. The third-order valence-electron chi connectivity index (χ3n) is 2.91. The quantitative estimate of drug-likeness (QED) is 0.346. The maximum Gasteiger partial charge on any atom is 0.146 e. The fraction of sp³-hybridized carbons (Fsp3) is 1.00. The topological polar surface area (TPSA) is 68.6 Å². The number of hydrogen-bond donors (Lipinski definition) is 0. The average Bonchev–Trinajstić information content (AvgIpc) is 3.23. The number of ether oxygens (including phenoxy) is 6. The van der Waals surface area contributed by atoms with E-state index in [1.165, 1.54) is 0 Å². The molecule has 0 aromatic rings. The Bertz CT molecular complexity index is 221. The summed E-state index contributed by atoms with van der Waals surface area (Å²) in [6, 6.07) is 0. The smallest absolute Gasteiger partial charge is 0.146 e. The molecule has 0 amide bonds.